The molecule has 0 aromatic heterocycles. The molecule has 1 amide bonds. The van der Waals surface area contributed by atoms with Gasteiger partial charge in [0.15, 0.2) is 0 Å². The smallest absolute Gasteiger partial charge is 0.305 e. The molecule has 0 fully saturated rings. The largest absolute Gasteiger partial charge is 0.466 e. The molecule has 3 N–H and O–H groups in total. The van der Waals surface area contributed by atoms with Crippen molar-refractivity contribution in [3.8, 4) is 0 Å². The molecule has 0 aliphatic carbocycles. The van der Waals surface area contributed by atoms with Crippen LogP contribution < -0.4 is 5.32 Å². The minimum atomic E-state index is -0.839. The number of hydrogen-bond acceptors (Lipinski definition) is 5. The first-order valence-corrected chi connectivity index (χ1v) is 31.1. The summed E-state index contributed by atoms with van der Waals surface area (Å²) >= 11 is 0. The van der Waals surface area contributed by atoms with Crippen LogP contribution in [0.15, 0.2) is 24.3 Å². The maximum Gasteiger partial charge on any atom is 0.305 e. The van der Waals surface area contributed by atoms with Gasteiger partial charge in [-0.25, -0.2) is 0 Å². The highest BCUT2D eigenvalue weighted by Crippen LogP contribution is 2.18. The fraction of sp³-hybridized carbons (Fsp3) is 0.905. The van der Waals surface area contributed by atoms with E-state index in [1.807, 2.05) is 6.08 Å². The molecule has 0 saturated heterocycles. The minimum Gasteiger partial charge on any atom is -0.466 e. The predicted molar refractivity (Wildman–Crippen MR) is 301 cm³/mol. The molecule has 0 heterocycles. The summed E-state index contributed by atoms with van der Waals surface area (Å²) in [7, 11) is 0. The highest BCUT2D eigenvalue weighted by atomic mass is 16.5. The molecule has 0 saturated carbocycles. The average molecular weight is 973 g/mol. The lowest BCUT2D eigenvalue weighted by Gasteiger charge is -2.20. The van der Waals surface area contributed by atoms with E-state index in [4.69, 9.17) is 4.74 Å². The van der Waals surface area contributed by atoms with Crippen LogP contribution in [0.5, 0.6) is 0 Å². The first-order valence-electron chi connectivity index (χ1n) is 31.1. The first kappa shape index (κ1) is 67.3. The number of hydrogen-bond donors (Lipinski definition) is 3. The third-order valence-electron chi connectivity index (χ3n) is 14.5. The van der Waals surface area contributed by atoms with Gasteiger partial charge in [-0.15, -0.1) is 0 Å². The summed E-state index contributed by atoms with van der Waals surface area (Å²) in [6, 6.07) is -0.623. The van der Waals surface area contributed by atoms with Gasteiger partial charge in [0.25, 0.3) is 0 Å². The maximum absolute atomic E-state index is 12.4. The number of nitrogens with one attached hydrogen (secondary N) is 1. The summed E-state index contributed by atoms with van der Waals surface area (Å²) in [6.07, 6.45) is 72.4. The van der Waals surface area contributed by atoms with Gasteiger partial charge in [0, 0.05) is 12.8 Å². The standard InChI is InChI=1S/C63H121NO5/c1-3-5-7-9-11-13-35-39-43-47-51-55-61(66)60(59-65)64-62(67)56-52-48-44-40-37-33-31-29-27-25-23-21-19-17-15-16-18-20-22-24-26-28-30-32-34-38-42-46-50-54-58-69-63(68)57-53-49-45-41-36-14-12-10-8-6-4-2/h10,12,51,55,60-61,65-66H,3-9,11,13-50,52-54,56-59H2,1-2H3,(H,64,67)/b12-10-,55-51+. The molecule has 0 radical (unpaired) electrons. The molecular weight excluding hydrogens is 851 g/mol. The van der Waals surface area contributed by atoms with E-state index < -0.39 is 12.1 Å². The predicted octanol–water partition coefficient (Wildman–Crippen LogP) is 19.4. The van der Waals surface area contributed by atoms with Gasteiger partial charge in [-0.05, 0) is 51.4 Å². The number of allylic oxidation sites excluding steroid dienone is 3. The fourth-order valence-corrected chi connectivity index (χ4v) is 9.68. The van der Waals surface area contributed by atoms with Gasteiger partial charge < -0.3 is 20.3 Å². The molecule has 0 aliphatic rings. The topological polar surface area (TPSA) is 95.9 Å². The lowest BCUT2D eigenvalue weighted by molar-refractivity contribution is -0.143. The van der Waals surface area contributed by atoms with Gasteiger partial charge in [-0.3, -0.25) is 9.59 Å². The second-order valence-electron chi connectivity index (χ2n) is 21.4. The quantitative estimate of drug-likeness (QED) is 0.0321. The minimum absolute atomic E-state index is 0.00866. The van der Waals surface area contributed by atoms with Gasteiger partial charge in [0.2, 0.25) is 5.91 Å². The Morgan fingerprint density at radius 3 is 1.07 bits per heavy atom. The van der Waals surface area contributed by atoms with Crippen molar-refractivity contribution in [2.45, 2.75) is 353 Å². The number of esters is 1. The number of rotatable bonds is 58. The van der Waals surface area contributed by atoms with Crippen molar-refractivity contribution < 1.29 is 24.5 Å². The molecule has 6 nitrogen and oxygen atoms in total. The van der Waals surface area contributed by atoms with Gasteiger partial charge in [-0.2, -0.15) is 0 Å². The van der Waals surface area contributed by atoms with Gasteiger partial charge in [0.1, 0.15) is 0 Å². The van der Waals surface area contributed by atoms with Crippen LogP contribution in [0, 0.1) is 0 Å². The summed E-state index contributed by atoms with van der Waals surface area (Å²) in [5, 5.41) is 23.0. The highest BCUT2D eigenvalue weighted by molar-refractivity contribution is 5.76. The van der Waals surface area contributed by atoms with E-state index in [0.29, 0.717) is 19.4 Å². The fourth-order valence-electron chi connectivity index (χ4n) is 9.68. The van der Waals surface area contributed by atoms with Gasteiger partial charge in [0.05, 0.1) is 25.4 Å². The normalized spacial score (nSPS) is 12.7. The third-order valence-corrected chi connectivity index (χ3v) is 14.5. The lowest BCUT2D eigenvalue weighted by atomic mass is 10.0. The van der Waals surface area contributed by atoms with Crippen molar-refractivity contribution in [3.05, 3.63) is 24.3 Å². The molecule has 408 valence electrons. The summed E-state index contributed by atoms with van der Waals surface area (Å²) in [5.41, 5.74) is 0. The third kappa shape index (κ3) is 55.5. The Labute approximate surface area is 431 Å². The molecule has 0 aliphatic heterocycles. The van der Waals surface area contributed by atoms with Crippen molar-refractivity contribution in [3.63, 3.8) is 0 Å². The van der Waals surface area contributed by atoms with E-state index in [0.717, 1.165) is 44.9 Å². The van der Waals surface area contributed by atoms with Crippen LogP contribution in [0.4, 0.5) is 0 Å². The van der Waals surface area contributed by atoms with Gasteiger partial charge >= 0.3 is 5.97 Å². The van der Waals surface area contributed by atoms with E-state index in [9.17, 15) is 19.8 Å². The van der Waals surface area contributed by atoms with Crippen LogP contribution >= 0.6 is 0 Å². The van der Waals surface area contributed by atoms with Crippen molar-refractivity contribution in [2.75, 3.05) is 13.2 Å². The van der Waals surface area contributed by atoms with E-state index in [-0.39, 0.29) is 18.5 Å². The Bertz CT molecular complexity index is 1080. The number of unbranched alkanes of at least 4 members (excludes halogenated alkanes) is 45. The zero-order chi connectivity index (χ0) is 50.0. The summed E-state index contributed by atoms with van der Waals surface area (Å²) in [6.45, 7) is 4.87. The number of aliphatic hydroxyl groups is 2. The van der Waals surface area contributed by atoms with E-state index in [1.54, 1.807) is 6.08 Å². The molecule has 2 unspecified atom stereocenters. The average Bonchev–Trinajstić information content (AvgIpc) is 3.35. The number of carbonyl (C=O) groups excluding carboxylic acids is 2. The maximum atomic E-state index is 12.4. The summed E-state index contributed by atoms with van der Waals surface area (Å²) < 4.78 is 5.46. The van der Waals surface area contributed by atoms with E-state index in [1.165, 1.54) is 270 Å². The van der Waals surface area contributed by atoms with Crippen LogP contribution in [0.3, 0.4) is 0 Å². The van der Waals surface area contributed by atoms with Crippen LogP contribution in [-0.4, -0.2) is 47.4 Å². The Morgan fingerprint density at radius 1 is 0.391 bits per heavy atom. The van der Waals surface area contributed by atoms with Crippen molar-refractivity contribution in [1.82, 2.24) is 5.32 Å². The highest BCUT2D eigenvalue weighted by Gasteiger charge is 2.18. The number of ether oxygens (including phenoxy) is 1. The first-order chi connectivity index (χ1) is 34.0. The molecule has 0 bridgehead atoms. The Morgan fingerprint density at radius 2 is 0.696 bits per heavy atom. The number of amides is 1. The molecular formula is C63H121NO5. The summed E-state index contributed by atoms with van der Waals surface area (Å²) in [5.74, 6) is -0.0556. The van der Waals surface area contributed by atoms with Crippen LogP contribution in [0.25, 0.3) is 0 Å². The Kier molecular flexibility index (Phi) is 57.5. The molecule has 0 spiro atoms. The molecule has 0 aromatic carbocycles. The lowest BCUT2D eigenvalue weighted by Crippen LogP contribution is -2.45. The molecule has 0 rings (SSSR count). The summed E-state index contributed by atoms with van der Waals surface area (Å²) in [4.78, 5) is 24.4. The molecule has 2 atom stereocenters. The SMILES string of the molecule is CCCC/C=C\CCCCCCCC(=O)OCCCCCCCCCCCCCCCCCCCCCCCCCCCCCCCCC(=O)NC(CO)C(O)/C=C/CCCCCCCCCCC. The molecule has 0 aromatic rings. The van der Waals surface area contributed by atoms with Crippen molar-refractivity contribution in [1.29, 1.82) is 0 Å². The number of carbonyl (C=O) groups is 2. The van der Waals surface area contributed by atoms with E-state index >= 15 is 0 Å². The van der Waals surface area contributed by atoms with E-state index in [2.05, 4.69) is 31.3 Å². The molecule has 6 heteroatoms. The number of aliphatic hydroxyl groups excluding tert-OH is 2. The zero-order valence-electron chi connectivity index (χ0n) is 46.6. The van der Waals surface area contributed by atoms with Crippen molar-refractivity contribution >= 4 is 11.9 Å². The van der Waals surface area contributed by atoms with Crippen LogP contribution in [0.2, 0.25) is 0 Å². The van der Waals surface area contributed by atoms with Crippen LogP contribution in [-0.2, 0) is 14.3 Å². The van der Waals surface area contributed by atoms with Gasteiger partial charge in [-0.1, -0.05) is 301 Å². The zero-order valence-corrected chi connectivity index (χ0v) is 46.6. The van der Waals surface area contributed by atoms with Crippen molar-refractivity contribution in [2.24, 2.45) is 0 Å². The van der Waals surface area contributed by atoms with Crippen LogP contribution in [0.1, 0.15) is 341 Å². The second kappa shape index (κ2) is 58.9. The monoisotopic (exact) mass is 972 g/mol. The Balaban J connectivity index is 3.33. The Hall–Kier alpha value is -1.66. The second-order valence-corrected chi connectivity index (χ2v) is 21.4. The molecule has 69 heavy (non-hydrogen) atoms.